The molecule has 2 rings (SSSR count). The molecule has 0 fully saturated rings. The molecule has 2 aromatic rings. The van der Waals surface area contributed by atoms with E-state index in [-0.39, 0.29) is 12.0 Å². The van der Waals surface area contributed by atoms with Crippen molar-refractivity contribution in [3.63, 3.8) is 0 Å². The van der Waals surface area contributed by atoms with Crippen molar-refractivity contribution in [3.8, 4) is 5.75 Å². The molecule has 0 saturated heterocycles. The third-order valence-electron chi connectivity index (χ3n) is 4.06. The zero-order valence-corrected chi connectivity index (χ0v) is 17.1. The van der Waals surface area contributed by atoms with E-state index in [4.69, 9.17) is 9.47 Å². The van der Waals surface area contributed by atoms with Gasteiger partial charge in [0.2, 0.25) is 0 Å². The number of ether oxygens (including phenoxy) is 2. The normalized spacial score (nSPS) is 10.8. The van der Waals surface area contributed by atoms with Crippen LogP contribution in [0.1, 0.15) is 54.0 Å². The summed E-state index contributed by atoms with van der Waals surface area (Å²) in [5, 5.41) is 0. The Bertz CT molecular complexity index is 852. The lowest BCUT2D eigenvalue weighted by atomic mass is 9.87. The van der Waals surface area contributed by atoms with Gasteiger partial charge in [-0.25, -0.2) is 4.79 Å². The van der Waals surface area contributed by atoms with Gasteiger partial charge in [-0.2, -0.15) is 0 Å². The molecule has 0 aliphatic carbocycles. The highest BCUT2D eigenvalue weighted by molar-refractivity contribution is 5.95. The summed E-state index contributed by atoms with van der Waals surface area (Å²) in [6, 6.07) is 13.4. The minimum absolute atomic E-state index is 0.00488. The van der Waals surface area contributed by atoms with Gasteiger partial charge in [0.25, 0.3) is 11.8 Å². The monoisotopic (exact) mass is 398 g/mol. The molecule has 0 radical (unpaired) electrons. The summed E-state index contributed by atoms with van der Waals surface area (Å²) < 4.78 is 10.2. The van der Waals surface area contributed by atoms with E-state index in [9.17, 15) is 14.4 Å². The van der Waals surface area contributed by atoms with Crippen molar-refractivity contribution in [3.05, 3.63) is 65.2 Å². The van der Waals surface area contributed by atoms with Crippen LogP contribution < -0.4 is 15.6 Å². The summed E-state index contributed by atoms with van der Waals surface area (Å²) in [5.41, 5.74) is 6.60. The summed E-state index contributed by atoms with van der Waals surface area (Å²) in [4.78, 5) is 35.6. The second kappa shape index (κ2) is 9.73. The van der Waals surface area contributed by atoms with Gasteiger partial charge >= 0.3 is 5.97 Å². The number of esters is 1. The smallest absolute Gasteiger partial charge is 0.338 e. The number of hydrogen-bond donors (Lipinski definition) is 2. The van der Waals surface area contributed by atoms with E-state index in [1.165, 1.54) is 0 Å². The lowest BCUT2D eigenvalue weighted by Gasteiger charge is -2.19. The van der Waals surface area contributed by atoms with E-state index >= 15 is 0 Å². The van der Waals surface area contributed by atoms with Crippen molar-refractivity contribution >= 4 is 17.8 Å². The maximum atomic E-state index is 12.1. The molecule has 154 valence electrons. The van der Waals surface area contributed by atoms with Gasteiger partial charge < -0.3 is 9.47 Å². The van der Waals surface area contributed by atoms with Crippen molar-refractivity contribution in [1.82, 2.24) is 10.9 Å². The van der Waals surface area contributed by atoms with Gasteiger partial charge in [-0.1, -0.05) is 32.9 Å². The Morgan fingerprint density at radius 3 is 2.00 bits per heavy atom. The third kappa shape index (κ3) is 6.64. The predicted molar refractivity (Wildman–Crippen MR) is 109 cm³/mol. The highest BCUT2D eigenvalue weighted by Crippen LogP contribution is 2.22. The quantitative estimate of drug-likeness (QED) is 0.576. The first-order chi connectivity index (χ1) is 13.7. The van der Waals surface area contributed by atoms with Crippen molar-refractivity contribution in [2.24, 2.45) is 0 Å². The second-order valence-electron chi connectivity index (χ2n) is 7.36. The third-order valence-corrected chi connectivity index (χ3v) is 4.06. The van der Waals surface area contributed by atoms with Crippen LogP contribution >= 0.6 is 0 Å². The van der Waals surface area contributed by atoms with Crippen LogP contribution in [0.2, 0.25) is 0 Å². The molecule has 0 bridgehead atoms. The molecule has 2 aromatic carbocycles. The lowest BCUT2D eigenvalue weighted by molar-refractivity contribution is -0.123. The fourth-order valence-corrected chi connectivity index (χ4v) is 2.41. The molecule has 0 atom stereocenters. The standard InChI is InChI=1S/C22H26N2O5/c1-5-28-21(27)16-8-12-18(13-9-16)29-14-19(25)23-24-20(26)15-6-10-17(11-7-15)22(2,3)4/h6-13H,5,14H2,1-4H3,(H,23,25)(H,24,26). The molecule has 2 amide bonds. The molecule has 0 spiro atoms. The molecule has 0 unspecified atom stereocenters. The van der Waals surface area contributed by atoms with Crippen molar-refractivity contribution in [1.29, 1.82) is 0 Å². The van der Waals surface area contributed by atoms with Crippen LogP contribution in [0.5, 0.6) is 5.75 Å². The predicted octanol–water partition coefficient (Wildman–Crippen LogP) is 3.00. The number of hydrazine groups is 1. The van der Waals surface area contributed by atoms with E-state index in [0.717, 1.165) is 5.56 Å². The van der Waals surface area contributed by atoms with Gasteiger partial charge in [0.05, 0.1) is 12.2 Å². The van der Waals surface area contributed by atoms with E-state index in [1.807, 2.05) is 12.1 Å². The maximum absolute atomic E-state index is 12.1. The number of rotatable bonds is 6. The Labute approximate surface area is 170 Å². The average Bonchev–Trinajstić information content (AvgIpc) is 2.70. The molecular weight excluding hydrogens is 372 g/mol. The molecule has 7 nitrogen and oxygen atoms in total. The number of carbonyl (C=O) groups excluding carboxylic acids is 3. The molecule has 0 saturated carbocycles. The Kier molecular flexibility index (Phi) is 7.36. The highest BCUT2D eigenvalue weighted by Gasteiger charge is 2.14. The lowest BCUT2D eigenvalue weighted by Crippen LogP contribution is -2.43. The molecule has 7 heteroatoms. The Morgan fingerprint density at radius 2 is 1.45 bits per heavy atom. The summed E-state index contributed by atoms with van der Waals surface area (Å²) in [7, 11) is 0. The van der Waals surface area contributed by atoms with Crippen LogP contribution in [0, 0.1) is 0 Å². The largest absolute Gasteiger partial charge is 0.484 e. The van der Waals surface area contributed by atoms with Crippen LogP contribution in [0.15, 0.2) is 48.5 Å². The van der Waals surface area contributed by atoms with Gasteiger partial charge in [-0.05, 0) is 54.3 Å². The summed E-state index contributed by atoms with van der Waals surface area (Å²) in [6.45, 7) is 8.01. The van der Waals surface area contributed by atoms with Crippen molar-refractivity contribution in [2.45, 2.75) is 33.1 Å². The first-order valence-electron chi connectivity index (χ1n) is 9.30. The van der Waals surface area contributed by atoms with Crippen LogP contribution in [0.4, 0.5) is 0 Å². The number of benzene rings is 2. The summed E-state index contributed by atoms with van der Waals surface area (Å²) in [5.74, 6) is -0.941. The fraction of sp³-hybridized carbons (Fsp3) is 0.318. The first kappa shape index (κ1) is 21.9. The highest BCUT2D eigenvalue weighted by atomic mass is 16.5. The molecule has 0 aliphatic heterocycles. The summed E-state index contributed by atoms with van der Waals surface area (Å²) >= 11 is 0. The first-order valence-corrected chi connectivity index (χ1v) is 9.30. The Balaban J connectivity index is 1.79. The topological polar surface area (TPSA) is 93.7 Å². The Hall–Kier alpha value is -3.35. The van der Waals surface area contributed by atoms with Crippen LogP contribution in [-0.2, 0) is 14.9 Å². The fourth-order valence-electron chi connectivity index (χ4n) is 2.41. The van der Waals surface area contributed by atoms with E-state index in [2.05, 4.69) is 31.6 Å². The van der Waals surface area contributed by atoms with Crippen LogP contribution in [-0.4, -0.2) is 31.0 Å². The molecule has 0 heterocycles. The van der Waals surface area contributed by atoms with E-state index < -0.39 is 17.8 Å². The van der Waals surface area contributed by atoms with Gasteiger partial charge in [0.1, 0.15) is 5.75 Å². The zero-order valence-electron chi connectivity index (χ0n) is 17.1. The molecule has 29 heavy (non-hydrogen) atoms. The molecule has 0 aromatic heterocycles. The second-order valence-corrected chi connectivity index (χ2v) is 7.36. The number of hydrogen-bond acceptors (Lipinski definition) is 5. The van der Waals surface area contributed by atoms with Crippen molar-refractivity contribution in [2.75, 3.05) is 13.2 Å². The van der Waals surface area contributed by atoms with Gasteiger partial charge in [-0.3, -0.25) is 20.4 Å². The Morgan fingerprint density at radius 1 is 0.862 bits per heavy atom. The minimum atomic E-state index is -0.515. The number of amides is 2. The van der Waals surface area contributed by atoms with Crippen LogP contribution in [0.3, 0.4) is 0 Å². The minimum Gasteiger partial charge on any atom is -0.484 e. The van der Waals surface area contributed by atoms with E-state index in [0.29, 0.717) is 23.5 Å². The number of nitrogens with one attached hydrogen (secondary N) is 2. The van der Waals surface area contributed by atoms with Crippen LogP contribution in [0.25, 0.3) is 0 Å². The van der Waals surface area contributed by atoms with Crippen molar-refractivity contribution < 1.29 is 23.9 Å². The SMILES string of the molecule is CCOC(=O)c1ccc(OCC(=O)NNC(=O)c2ccc(C(C)(C)C)cc2)cc1. The zero-order chi connectivity index (χ0) is 21.4. The van der Waals surface area contributed by atoms with E-state index in [1.54, 1.807) is 43.3 Å². The molecule has 0 aliphatic rings. The van der Waals surface area contributed by atoms with Gasteiger partial charge in [0.15, 0.2) is 6.61 Å². The summed E-state index contributed by atoms with van der Waals surface area (Å²) in [6.07, 6.45) is 0. The maximum Gasteiger partial charge on any atom is 0.338 e. The number of carbonyl (C=O) groups is 3. The molecule has 2 N–H and O–H groups in total. The molecular formula is C22H26N2O5. The van der Waals surface area contributed by atoms with Gasteiger partial charge in [-0.15, -0.1) is 0 Å². The van der Waals surface area contributed by atoms with Gasteiger partial charge in [0, 0.05) is 5.56 Å². The average molecular weight is 398 g/mol.